The largest absolute Gasteiger partial charge is 0.493 e. The van der Waals surface area contributed by atoms with Gasteiger partial charge in [0.2, 0.25) is 5.88 Å². The molecule has 5 nitrogen and oxygen atoms in total. The molecule has 2 saturated carbocycles. The summed E-state index contributed by atoms with van der Waals surface area (Å²) in [5, 5.41) is 0. The van der Waals surface area contributed by atoms with Crippen LogP contribution in [0.2, 0.25) is 0 Å². The van der Waals surface area contributed by atoms with Crippen molar-refractivity contribution >= 4 is 11.0 Å². The number of fused-ring (bicyclic) bond motifs is 3. The monoisotopic (exact) mass is 300 g/mol. The summed E-state index contributed by atoms with van der Waals surface area (Å²) in [5.41, 5.74) is 1.54. The number of hydrogen-bond acceptors (Lipinski definition) is 5. The maximum absolute atomic E-state index is 6.10. The molecule has 22 heavy (non-hydrogen) atoms. The third-order valence-corrected chi connectivity index (χ3v) is 4.97. The Labute approximate surface area is 129 Å². The molecule has 3 atom stereocenters. The lowest BCUT2D eigenvalue weighted by Crippen LogP contribution is -2.23. The van der Waals surface area contributed by atoms with E-state index in [1.165, 1.54) is 19.3 Å². The van der Waals surface area contributed by atoms with E-state index in [1.807, 2.05) is 12.1 Å². The second-order valence-corrected chi connectivity index (χ2v) is 6.24. The normalized spacial score (nSPS) is 26.4. The minimum atomic E-state index is 0.311. The highest BCUT2D eigenvalue weighted by atomic mass is 16.5. The Balaban J connectivity index is 1.62. The molecule has 2 aliphatic carbocycles. The molecule has 2 fully saturated rings. The van der Waals surface area contributed by atoms with Crippen LogP contribution in [0.3, 0.4) is 0 Å². The number of benzene rings is 1. The Hall–Kier alpha value is -2.04. The van der Waals surface area contributed by atoms with Gasteiger partial charge < -0.3 is 14.2 Å². The molecule has 0 saturated heterocycles. The molecule has 2 aliphatic rings. The predicted molar refractivity (Wildman–Crippen MR) is 82.5 cm³/mol. The van der Waals surface area contributed by atoms with Crippen LogP contribution in [-0.2, 0) is 0 Å². The van der Waals surface area contributed by atoms with E-state index < -0.39 is 0 Å². The Morgan fingerprint density at radius 1 is 1.00 bits per heavy atom. The molecular weight excluding hydrogens is 280 g/mol. The molecule has 1 aromatic heterocycles. The second kappa shape index (κ2) is 5.30. The number of hydrogen-bond donors (Lipinski definition) is 0. The number of aromatic nitrogens is 2. The summed E-state index contributed by atoms with van der Waals surface area (Å²) in [7, 11) is 3.23. The Kier molecular flexibility index (Phi) is 3.28. The van der Waals surface area contributed by atoms with Gasteiger partial charge in [-0.05, 0) is 37.5 Å². The maximum atomic E-state index is 6.10. The van der Waals surface area contributed by atoms with Gasteiger partial charge in [0.15, 0.2) is 11.5 Å². The van der Waals surface area contributed by atoms with Crippen molar-refractivity contribution in [3.63, 3.8) is 0 Å². The van der Waals surface area contributed by atoms with Crippen LogP contribution in [0, 0.1) is 11.8 Å². The molecule has 0 radical (unpaired) electrons. The van der Waals surface area contributed by atoms with E-state index in [9.17, 15) is 0 Å². The Morgan fingerprint density at radius 3 is 2.41 bits per heavy atom. The molecule has 1 heterocycles. The van der Waals surface area contributed by atoms with Gasteiger partial charge in [0.25, 0.3) is 0 Å². The standard InChI is InChI=1S/C17H20N2O3/c1-20-15-7-12-13(8-16(15)21-2)19-17(9-18-12)22-14-6-10-3-4-11(14)5-10/h7-11,14H,3-6H2,1-2H3. The van der Waals surface area contributed by atoms with Crippen molar-refractivity contribution in [2.45, 2.75) is 31.8 Å². The fraction of sp³-hybridized carbons (Fsp3) is 0.529. The predicted octanol–water partition coefficient (Wildman–Crippen LogP) is 3.21. The van der Waals surface area contributed by atoms with Crippen molar-refractivity contribution in [3.05, 3.63) is 18.3 Å². The number of ether oxygens (including phenoxy) is 3. The first-order valence-corrected chi connectivity index (χ1v) is 7.82. The van der Waals surface area contributed by atoms with Gasteiger partial charge in [-0.2, -0.15) is 0 Å². The van der Waals surface area contributed by atoms with Crippen LogP contribution in [0.25, 0.3) is 11.0 Å². The first-order valence-electron chi connectivity index (χ1n) is 7.82. The molecule has 5 heteroatoms. The summed E-state index contributed by atoms with van der Waals surface area (Å²) < 4.78 is 16.7. The number of nitrogens with zero attached hydrogens (tertiary/aromatic N) is 2. The lowest BCUT2D eigenvalue weighted by molar-refractivity contribution is 0.132. The lowest BCUT2D eigenvalue weighted by atomic mass is 9.98. The Morgan fingerprint density at radius 2 is 1.77 bits per heavy atom. The zero-order chi connectivity index (χ0) is 15.1. The molecule has 0 N–H and O–H groups in total. The van der Waals surface area contributed by atoms with Gasteiger partial charge >= 0.3 is 0 Å². The summed E-state index contributed by atoms with van der Waals surface area (Å²) in [6, 6.07) is 3.68. The zero-order valence-corrected chi connectivity index (χ0v) is 12.9. The molecule has 1 aromatic carbocycles. The molecule has 3 unspecified atom stereocenters. The van der Waals surface area contributed by atoms with Gasteiger partial charge in [-0.3, -0.25) is 0 Å². The second-order valence-electron chi connectivity index (χ2n) is 6.24. The van der Waals surface area contributed by atoms with Crippen molar-refractivity contribution in [2.24, 2.45) is 11.8 Å². The van der Waals surface area contributed by atoms with Crippen molar-refractivity contribution in [2.75, 3.05) is 14.2 Å². The lowest BCUT2D eigenvalue weighted by Gasteiger charge is -2.22. The molecule has 0 spiro atoms. The van der Waals surface area contributed by atoms with E-state index in [2.05, 4.69) is 9.97 Å². The molecule has 0 aliphatic heterocycles. The van der Waals surface area contributed by atoms with Crippen LogP contribution >= 0.6 is 0 Å². The average Bonchev–Trinajstić information content (AvgIpc) is 3.16. The highest BCUT2D eigenvalue weighted by Crippen LogP contribution is 2.45. The van der Waals surface area contributed by atoms with E-state index >= 15 is 0 Å². The summed E-state index contributed by atoms with van der Waals surface area (Å²) in [6.07, 6.45) is 7.16. The average molecular weight is 300 g/mol. The van der Waals surface area contributed by atoms with Crippen LogP contribution < -0.4 is 14.2 Å². The van der Waals surface area contributed by atoms with Gasteiger partial charge in [0.1, 0.15) is 6.10 Å². The van der Waals surface area contributed by atoms with E-state index in [0.29, 0.717) is 29.4 Å². The van der Waals surface area contributed by atoms with Crippen molar-refractivity contribution in [3.8, 4) is 17.4 Å². The molecular formula is C17H20N2O3. The van der Waals surface area contributed by atoms with Gasteiger partial charge in [-0.15, -0.1) is 0 Å². The van der Waals surface area contributed by atoms with Gasteiger partial charge in [0, 0.05) is 12.1 Å². The fourth-order valence-electron chi connectivity index (χ4n) is 3.87. The van der Waals surface area contributed by atoms with Crippen molar-refractivity contribution in [1.82, 2.24) is 9.97 Å². The molecule has 2 aromatic rings. The van der Waals surface area contributed by atoms with E-state index in [1.54, 1.807) is 20.4 Å². The third kappa shape index (κ3) is 2.25. The van der Waals surface area contributed by atoms with Crippen LogP contribution in [0.4, 0.5) is 0 Å². The van der Waals surface area contributed by atoms with Crippen molar-refractivity contribution < 1.29 is 14.2 Å². The zero-order valence-electron chi connectivity index (χ0n) is 12.9. The van der Waals surface area contributed by atoms with E-state index in [0.717, 1.165) is 23.4 Å². The molecule has 0 amide bonds. The maximum Gasteiger partial charge on any atom is 0.233 e. The minimum Gasteiger partial charge on any atom is -0.493 e. The van der Waals surface area contributed by atoms with Crippen LogP contribution in [0.1, 0.15) is 25.7 Å². The molecule has 116 valence electrons. The first-order chi connectivity index (χ1) is 10.8. The molecule has 4 rings (SSSR count). The van der Waals surface area contributed by atoms with Crippen LogP contribution in [-0.4, -0.2) is 30.3 Å². The van der Waals surface area contributed by atoms with Crippen LogP contribution in [0.15, 0.2) is 18.3 Å². The highest BCUT2D eigenvalue weighted by Gasteiger charge is 2.41. The SMILES string of the molecule is COc1cc2ncc(OC3CC4CCC3C4)nc2cc1OC. The Bertz CT molecular complexity index is 704. The van der Waals surface area contributed by atoms with Gasteiger partial charge in [0.05, 0.1) is 31.4 Å². The minimum absolute atomic E-state index is 0.311. The van der Waals surface area contributed by atoms with Gasteiger partial charge in [-0.25, -0.2) is 9.97 Å². The summed E-state index contributed by atoms with van der Waals surface area (Å²) in [4.78, 5) is 9.03. The van der Waals surface area contributed by atoms with Crippen LogP contribution in [0.5, 0.6) is 17.4 Å². The smallest absolute Gasteiger partial charge is 0.233 e. The summed E-state index contributed by atoms with van der Waals surface area (Å²) in [5.74, 6) is 3.48. The quantitative estimate of drug-likeness (QED) is 0.868. The van der Waals surface area contributed by atoms with E-state index in [-0.39, 0.29) is 0 Å². The van der Waals surface area contributed by atoms with Crippen molar-refractivity contribution in [1.29, 1.82) is 0 Å². The first kappa shape index (κ1) is 13.6. The topological polar surface area (TPSA) is 53.5 Å². The summed E-state index contributed by atoms with van der Waals surface area (Å²) >= 11 is 0. The summed E-state index contributed by atoms with van der Waals surface area (Å²) in [6.45, 7) is 0. The fourth-order valence-corrected chi connectivity index (χ4v) is 3.87. The van der Waals surface area contributed by atoms with E-state index in [4.69, 9.17) is 14.2 Å². The number of methoxy groups -OCH3 is 2. The number of rotatable bonds is 4. The van der Waals surface area contributed by atoms with Gasteiger partial charge in [-0.1, -0.05) is 0 Å². The third-order valence-electron chi connectivity index (χ3n) is 4.97. The molecule has 2 bridgehead atoms. The highest BCUT2D eigenvalue weighted by molar-refractivity contribution is 5.79.